The Kier molecular flexibility index (Phi) is 3.39. The first-order valence-electron chi connectivity index (χ1n) is 5.15. The molecule has 1 aromatic carbocycles. The van der Waals surface area contributed by atoms with Crippen LogP contribution in [0.5, 0.6) is 0 Å². The van der Waals surface area contributed by atoms with Crippen LogP contribution in [0.15, 0.2) is 35.0 Å². The monoisotopic (exact) mass is 250 g/mol. The molecule has 2 aromatic rings. The standard InChI is InChI=1S/C10H11N5O3/c11-10(16)13-12-6-8-9(14-18-15(8)17)7-4-2-1-3-5-7/h1-5,12H,6H2,(H3-,11,13,14,16,17)/p+1. The number of nitrogens with two attached hydrogens (primary N) is 1. The van der Waals surface area contributed by atoms with Crippen molar-refractivity contribution in [3.8, 4) is 11.3 Å². The molecular formula is C10H12N5O3+. The van der Waals surface area contributed by atoms with E-state index in [1.807, 2.05) is 30.3 Å². The Morgan fingerprint density at radius 1 is 1.39 bits per heavy atom. The zero-order valence-electron chi connectivity index (χ0n) is 9.34. The lowest BCUT2D eigenvalue weighted by atomic mass is 10.1. The minimum atomic E-state index is -0.735. The number of hydrogen-bond donors (Lipinski definition) is 4. The van der Waals surface area contributed by atoms with Crippen molar-refractivity contribution in [3.05, 3.63) is 40.9 Å². The third-order valence-electron chi connectivity index (χ3n) is 2.27. The summed E-state index contributed by atoms with van der Waals surface area (Å²) in [5.74, 6) is 0. The van der Waals surface area contributed by atoms with Gasteiger partial charge in [0.1, 0.15) is 0 Å². The zero-order chi connectivity index (χ0) is 13.0. The molecule has 8 heteroatoms. The maximum Gasteiger partial charge on any atom is 0.326 e. The van der Waals surface area contributed by atoms with Gasteiger partial charge in [0.2, 0.25) is 5.69 Å². The predicted octanol–water partition coefficient (Wildman–Crippen LogP) is -0.138. The van der Waals surface area contributed by atoms with E-state index in [0.29, 0.717) is 16.0 Å². The number of amides is 2. The van der Waals surface area contributed by atoms with Gasteiger partial charge in [0, 0.05) is 5.56 Å². The summed E-state index contributed by atoms with van der Waals surface area (Å²) >= 11 is 0. The fraction of sp³-hybridized carbons (Fsp3) is 0.100. The number of aromatic amines is 1. The van der Waals surface area contributed by atoms with Gasteiger partial charge in [-0.05, 0) is 4.91 Å². The molecule has 94 valence electrons. The third-order valence-corrected chi connectivity index (χ3v) is 2.27. The van der Waals surface area contributed by atoms with Crippen molar-refractivity contribution in [3.63, 3.8) is 0 Å². The average Bonchev–Trinajstić information content (AvgIpc) is 2.72. The topological polar surface area (TPSA) is 119 Å². The highest BCUT2D eigenvalue weighted by molar-refractivity contribution is 5.70. The molecule has 1 aromatic heterocycles. The van der Waals surface area contributed by atoms with Gasteiger partial charge in [0.25, 0.3) is 5.69 Å². The molecule has 0 aliphatic rings. The van der Waals surface area contributed by atoms with Crippen molar-refractivity contribution >= 4 is 6.03 Å². The fourth-order valence-electron chi connectivity index (χ4n) is 1.49. The van der Waals surface area contributed by atoms with Crippen LogP contribution in [0.1, 0.15) is 5.69 Å². The molecule has 0 aliphatic heterocycles. The molecule has 0 saturated carbocycles. The molecule has 5 N–H and O–H groups in total. The van der Waals surface area contributed by atoms with E-state index in [9.17, 15) is 9.70 Å². The molecule has 0 saturated heterocycles. The van der Waals surface area contributed by atoms with Crippen LogP contribution in [0.25, 0.3) is 11.3 Å². The molecular weight excluding hydrogens is 238 g/mol. The van der Waals surface area contributed by atoms with Crippen molar-refractivity contribution in [2.75, 3.05) is 0 Å². The summed E-state index contributed by atoms with van der Waals surface area (Å²) in [7, 11) is 0. The zero-order valence-corrected chi connectivity index (χ0v) is 9.34. The van der Waals surface area contributed by atoms with Crippen LogP contribution in [-0.2, 0) is 6.54 Å². The van der Waals surface area contributed by atoms with Gasteiger partial charge < -0.3 is 5.73 Å². The molecule has 0 unspecified atom stereocenters. The quantitative estimate of drug-likeness (QED) is 0.564. The van der Waals surface area contributed by atoms with Crippen LogP contribution < -0.4 is 21.2 Å². The highest BCUT2D eigenvalue weighted by Crippen LogP contribution is 2.17. The number of benzene rings is 1. The van der Waals surface area contributed by atoms with Gasteiger partial charge in [-0.3, -0.25) is 5.43 Å². The lowest BCUT2D eigenvalue weighted by molar-refractivity contribution is -0.719. The Morgan fingerprint density at radius 3 is 2.78 bits per heavy atom. The van der Waals surface area contributed by atoms with Crippen LogP contribution in [0, 0.1) is 4.91 Å². The van der Waals surface area contributed by atoms with E-state index >= 15 is 0 Å². The second-order valence-corrected chi connectivity index (χ2v) is 3.48. The van der Waals surface area contributed by atoms with Crippen LogP contribution in [-0.4, -0.2) is 11.2 Å². The molecule has 0 bridgehead atoms. The van der Waals surface area contributed by atoms with E-state index in [0.717, 1.165) is 5.56 Å². The van der Waals surface area contributed by atoms with Crippen molar-refractivity contribution in [1.29, 1.82) is 0 Å². The Labute approximate surface area is 101 Å². The van der Waals surface area contributed by atoms with Crippen molar-refractivity contribution < 1.29 is 14.0 Å². The van der Waals surface area contributed by atoms with E-state index in [2.05, 4.69) is 20.6 Å². The summed E-state index contributed by atoms with van der Waals surface area (Å²) < 4.78 is 4.99. The SMILES string of the molecule is NC(=O)NNCc1c(-c2ccccc2)[nH]o[n+]1=O. The maximum atomic E-state index is 11.4. The number of primary amides is 1. The molecule has 1 heterocycles. The molecule has 18 heavy (non-hydrogen) atoms. The van der Waals surface area contributed by atoms with Gasteiger partial charge in [-0.2, -0.15) is 0 Å². The summed E-state index contributed by atoms with van der Waals surface area (Å²) in [6.45, 7) is 0.0731. The predicted molar refractivity (Wildman–Crippen MR) is 61.4 cm³/mol. The molecule has 0 spiro atoms. The maximum absolute atomic E-state index is 11.4. The van der Waals surface area contributed by atoms with Crippen LogP contribution in [0.4, 0.5) is 4.79 Å². The first-order valence-corrected chi connectivity index (χ1v) is 5.15. The summed E-state index contributed by atoms with van der Waals surface area (Å²) in [6, 6.07) is 8.45. The minimum Gasteiger partial charge on any atom is -0.351 e. The summed E-state index contributed by atoms with van der Waals surface area (Å²) in [5.41, 5.74) is 11.2. The van der Waals surface area contributed by atoms with Gasteiger partial charge >= 0.3 is 6.03 Å². The average molecular weight is 250 g/mol. The lowest BCUT2D eigenvalue weighted by Crippen LogP contribution is -2.41. The second-order valence-electron chi connectivity index (χ2n) is 3.48. The van der Waals surface area contributed by atoms with Crippen molar-refractivity contribution in [2.45, 2.75) is 6.54 Å². The Bertz CT molecular complexity index is 589. The van der Waals surface area contributed by atoms with Gasteiger partial charge in [0.15, 0.2) is 4.60 Å². The van der Waals surface area contributed by atoms with Crippen LogP contribution >= 0.6 is 0 Å². The van der Waals surface area contributed by atoms with E-state index < -0.39 is 6.03 Å². The number of hydrazine groups is 1. The number of nitrogens with zero attached hydrogens (tertiary/aromatic N) is 1. The largest absolute Gasteiger partial charge is 0.351 e. The summed E-state index contributed by atoms with van der Waals surface area (Å²) in [6.07, 6.45) is 0. The van der Waals surface area contributed by atoms with E-state index in [4.69, 9.17) is 5.73 Å². The lowest BCUT2D eigenvalue weighted by Gasteiger charge is -2.00. The first kappa shape index (κ1) is 11.9. The Morgan fingerprint density at radius 2 is 2.11 bits per heavy atom. The summed E-state index contributed by atoms with van der Waals surface area (Å²) in [5, 5.41) is 2.52. The number of urea groups is 1. The van der Waals surface area contributed by atoms with Crippen LogP contribution in [0.3, 0.4) is 0 Å². The van der Waals surface area contributed by atoms with Gasteiger partial charge in [-0.15, -0.1) is 0 Å². The van der Waals surface area contributed by atoms with Crippen molar-refractivity contribution in [1.82, 2.24) is 16.0 Å². The first-order chi connectivity index (χ1) is 8.68. The van der Waals surface area contributed by atoms with Gasteiger partial charge in [0.05, 0.1) is 6.54 Å². The smallest absolute Gasteiger partial charge is 0.326 e. The number of H-pyrrole nitrogens is 1. The second kappa shape index (κ2) is 5.15. The van der Waals surface area contributed by atoms with E-state index in [1.165, 1.54) is 0 Å². The fourth-order valence-corrected chi connectivity index (χ4v) is 1.49. The van der Waals surface area contributed by atoms with Gasteiger partial charge in [-0.1, -0.05) is 40.1 Å². The molecule has 8 nitrogen and oxygen atoms in total. The number of nitrogens with one attached hydrogen (secondary N) is 3. The van der Waals surface area contributed by atoms with Gasteiger partial charge in [-0.25, -0.2) is 10.2 Å². The van der Waals surface area contributed by atoms with E-state index in [1.54, 1.807) is 0 Å². The number of hydrogen-bond acceptors (Lipinski definition) is 4. The Hall–Kier alpha value is -2.61. The molecule has 0 radical (unpaired) electrons. The number of carbonyl (C=O) groups is 1. The number of rotatable bonds is 4. The molecule has 2 amide bonds. The van der Waals surface area contributed by atoms with Crippen LogP contribution in [0.2, 0.25) is 0 Å². The molecule has 0 fully saturated rings. The number of aromatic nitrogens is 2. The van der Waals surface area contributed by atoms with Crippen molar-refractivity contribution in [2.24, 2.45) is 5.73 Å². The molecule has 0 aliphatic carbocycles. The molecule has 0 atom stereocenters. The summed E-state index contributed by atoms with van der Waals surface area (Å²) in [4.78, 5) is 21.9. The normalized spacial score (nSPS) is 10.2. The van der Waals surface area contributed by atoms with E-state index in [-0.39, 0.29) is 6.54 Å². The Balaban J connectivity index is 2.22. The minimum absolute atomic E-state index is 0.0731. The third kappa shape index (κ3) is 2.55. The molecule has 2 rings (SSSR count). The highest BCUT2D eigenvalue weighted by Gasteiger charge is 2.21. The highest BCUT2D eigenvalue weighted by atomic mass is 16.7. The number of carbonyl (C=O) groups excluding carboxylic acids is 1.